The highest BCUT2D eigenvalue weighted by atomic mass is 16.3. The van der Waals surface area contributed by atoms with Crippen molar-refractivity contribution in [2.45, 2.75) is 26.9 Å². The quantitative estimate of drug-likeness (QED) is 0.818. The zero-order valence-corrected chi connectivity index (χ0v) is 10.0. The summed E-state index contributed by atoms with van der Waals surface area (Å²) in [5.74, 6) is -0.0533. The Balaban J connectivity index is 2.48. The van der Waals surface area contributed by atoms with E-state index in [1.54, 1.807) is 0 Å². The Kier molecular flexibility index (Phi) is 4.07. The molecule has 88 valence electrons. The molecule has 0 aromatic heterocycles. The minimum atomic E-state index is -0.646. The van der Waals surface area contributed by atoms with Crippen molar-refractivity contribution in [2.75, 3.05) is 6.54 Å². The Hall–Kier alpha value is -1.35. The van der Waals surface area contributed by atoms with Crippen LogP contribution in [0.15, 0.2) is 30.3 Å². The molecule has 0 aliphatic rings. The van der Waals surface area contributed by atoms with Gasteiger partial charge >= 0.3 is 0 Å². The van der Waals surface area contributed by atoms with Crippen LogP contribution in [0.5, 0.6) is 0 Å². The van der Waals surface area contributed by atoms with Crippen molar-refractivity contribution in [2.24, 2.45) is 5.41 Å². The first-order valence-electron chi connectivity index (χ1n) is 5.42. The van der Waals surface area contributed by atoms with E-state index >= 15 is 0 Å². The number of carbonyl (C=O) groups is 1. The van der Waals surface area contributed by atoms with Crippen molar-refractivity contribution in [1.82, 2.24) is 5.32 Å². The molecule has 0 bridgehead atoms. The van der Waals surface area contributed by atoms with Crippen LogP contribution in [0, 0.1) is 5.41 Å². The lowest BCUT2D eigenvalue weighted by atomic mass is 9.95. The van der Waals surface area contributed by atoms with Crippen LogP contribution >= 0.6 is 0 Å². The number of aliphatic hydroxyl groups is 1. The number of rotatable bonds is 3. The van der Waals surface area contributed by atoms with E-state index in [9.17, 15) is 9.90 Å². The molecule has 3 nitrogen and oxygen atoms in total. The van der Waals surface area contributed by atoms with Crippen LogP contribution < -0.4 is 5.32 Å². The third-order valence-electron chi connectivity index (χ3n) is 2.32. The molecule has 0 spiro atoms. The number of amides is 1. The number of hydrogen-bond donors (Lipinski definition) is 2. The second kappa shape index (κ2) is 5.12. The van der Waals surface area contributed by atoms with Crippen LogP contribution in [-0.2, 0) is 4.79 Å². The summed E-state index contributed by atoms with van der Waals surface area (Å²) in [7, 11) is 0. The average Bonchev–Trinajstić information content (AvgIpc) is 2.25. The maximum Gasteiger partial charge on any atom is 0.225 e. The first kappa shape index (κ1) is 12.7. The predicted octanol–water partition coefficient (Wildman–Crippen LogP) is 1.88. The third-order valence-corrected chi connectivity index (χ3v) is 2.32. The van der Waals surface area contributed by atoms with Gasteiger partial charge in [-0.1, -0.05) is 51.1 Å². The van der Waals surface area contributed by atoms with Gasteiger partial charge < -0.3 is 10.4 Å². The van der Waals surface area contributed by atoms with Gasteiger partial charge in [0, 0.05) is 12.0 Å². The lowest BCUT2D eigenvalue weighted by Crippen LogP contribution is -2.37. The number of nitrogens with one attached hydrogen (secondary N) is 1. The lowest BCUT2D eigenvalue weighted by Gasteiger charge is -2.19. The van der Waals surface area contributed by atoms with Crippen molar-refractivity contribution in [3.8, 4) is 0 Å². The maximum atomic E-state index is 11.6. The van der Waals surface area contributed by atoms with Crippen molar-refractivity contribution < 1.29 is 9.90 Å². The summed E-state index contributed by atoms with van der Waals surface area (Å²) in [5, 5.41) is 12.6. The van der Waals surface area contributed by atoms with E-state index in [2.05, 4.69) is 5.32 Å². The molecular weight excluding hydrogens is 202 g/mol. The molecule has 1 rings (SSSR count). The van der Waals surface area contributed by atoms with Gasteiger partial charge in [-0.05, 0) is 5.56 Å². The summed E-state index contributed by atoms with van der Waals surface area (Å²) in [6, 6.07) is 9.31. The molecule has 0 aliphatic carbocycles. The fraction of sp³-hybridized carbons (Fsp3) is 0.462. The van der Waals surface area contributed by atoms with Gasteiger partial charge in [0.25, 0.3) is 0 Å². The third kappa shape index (κ3) is 3.66. The fourth-order valence-electron chi connectivity index (χ4n) is 1.25. The van der Waals surface area contributed by atoms with Gasteiger partial charge in [-0.3, -0.25) is 4.79 Å². The SMILES string of the molecule is CC(C)(C)C(=O)NC[C@@H](O)c1ccccc1. The fourth-order valence-corrected chi connectivity index (χ4v) is 1.25. The summed E-state index contributed by atoms with van der Waals surface area (Å²) in [6.45, 7) is 5.78. The van der Waals surface area contributed by atoms with Gasteiger partial charge in [0.15, 0.2) is 0 Å². The molecule has 0 saturated carbocycles. The topological polar surface area (TPSA) is 49.3 Å². The second-order valence-corrected chi connectivity index (χ2v) is 4.89. The molecule has 2 N–H and O–H groups in total. The molecule has 0 heterocycles. The number of carbonyl (C=O) groups excluding carboxylic acids is 1. The number of benzene rings is 1. The largest absolute Gasteiger partial charge is 0.387 e. The molecule has 0 radical (unpaired) electrons. The maximum absolute atomic E-state index is 11.6. The van der Waals surface area contributed by atoms with Crippen LogP contribution in [-0.4, -0.2) is 17.6 Å². The monoisotopic (exact) mass is 221 g/mol. The lowest BCUT2D eigenvalue weighted by molar-refractivity contribution is -0.128. The number of aliphatic hydroxyl groups excluding tert-OH is 1. The van der Waals surface area contributed by atoms with Gasteiger partial charge in [-0.25, -0.2) is 0 Å². The smallest absolute Gasteiger partial charge is 0.225 e. The normalized spacial score (nSPS) is 13.2. The van der Waals surface area contributed by atoms with Crippen LogP contribution in [0.4, 0.5) is 0 Å². The Morgan fingerprint density at radius 1 is 1.31 bits per heavy atom. The Bertz CT molecular complexity index is 341. The zero-order chi connectivity index (χ0) is 12.2. The first-order valence-corrected chi connectivity index (χ1v) is 5.42. The molecule has 0 fully saturated rings. The molecule has 1 atom stereocenters. The minimum Gasteiger partial charge on any atom is -0.387 e. The van der Waals surface area contributed by atoms with Gasteiger partial charge in [-0.2, -0.15) is 0 Å². The van der Waals surface area contributed by atoms with E-state index in [1.807, 2.05) is 51.1 Å². The molecule has 0 saturated heterocycles. The van der Waals surface area contributed by atoms with Crippen molar-refractivity contribution in [3.63, 3.8) is 0 Å². The molecule has 1 aromatic carbocycles. The molecule has 3 heteroatoms. The van der Waals surface area contributed by atoms with Gasteiger partial charge in [0.2, 0.25) is 5.91 Å². The molecule has 1 aromatic rings. The van der Waals surface area contributed by atoms with Crippen LogP contribution in [0.3, 0.4) is 0 Å². The standard InChI is InChI=1S/C13H19NO2/c1-13(2,3)12(16)14-9-11(15)10-7-5-4-6-8-10/h4-8,11,15H,9H2,1-3H3,(H,14,16)/t11-/m1/s1. The summed E-state index contributed by atoms with van der Waals surface area (Å²) < 4.78 is 0. The summed E-state index contributed by atoms with van der Waals surface area (Å²) in [6.07, 6.45) is -0.646. The van der Waals surface area contributed by atoms with E-state index in [0.717, 1.165) is 5.56 Å². The van der Waals surface area contributed by atoms with E-state index in [4.69, 9.17) is 0 Å². The molecule has 1 amide bonds. The van der Waals surface area contributed by atoms with Crippen LogP contribution in [0.25, 0.3) is 0 Å². The minimum absolute atomic E-state index is 0.0533. The summed E-state index contributed by atoms with van der Waals surface area (Å²) in [4.78, 5) is 11.6. The Morgan fingerprint density at radius 3 is 2.38 bits per heavy atom. The van der Waals surface area contributed by atoms with Crippen molar-refractivity contribution in [3.05, 3.63) is 35.9 Å². The summed E-state index contributed by atoms with van der Waals surface area (Å²) in [5.41, 5.74) is 0.396. The van der Waals surface area contributed by atoms with Gasteiger partial charge in [0.05, 0.1) is 6.10 Å². The average molecular weight is 221 g/mol. The first-order chi connectivity index (χ1) is 7.41. The molecular formula is C13H19NO2. The van der Waals surface area contributed by atoms with Crippen molar-refractivity contribution in [1.29, 1.82) is 0 Å². The van der Waals surface area contributed by atoms with E-state index in [-0.39, 0.29) is 12.5 Å². The molecule has 0 unspecified atom stereocenters. The van der Waals surface area contributed by atoms with E-state index in [1.165, 1.54) is 0 Å². The highest BCUT2D eigenvalue weighted by Crippen LogP contribution is 2.14. The van der Waals surface area contributed by atoms with Crippen LogP contribution in [0.1, 0.15) is 32.4 Å². The van der Waals surface area contributed by atoms with E-state index in [0.29, 0.717) is 0 Å². The second-order valence-electron chi connectivity index (χ2n) is 4.89. The zero-order valence-electron chi connectivity index (χ0n) is 10.0. The van der Waals surface area contributed by atoms with Gasteiger partial charge in [-0.15, -0.1) is 0 Å². The van der Waals surface area contributed by atoms with E-state index < -0.39 is 11.5 Å². The predicted molar refractivity (Wildman–Crippen MR) is 63.9 cm³/mol. The summed E-state index contributed by atoms with van der Waals surface area (Å²) >= 11 is 0. The Morgan fingerprint density at radius 2 is 1.88 bits per heavy atom. The highest BCUT2D eigenvalue weighted by Gasteiger charge is 2.21. The molecule has 16 heavy (non-hydrogen) atoms. The van der Waals surface area contributed by atoms with Gasteiger partial charge in [0.1, 0.15) is 0 Å². The number of hydrogen-bond acceptors (Lipinski definition) is 2. The van der Waals surface area contributed by atoms with Crippen molar-refractivity contribution >= 4 is 5.91 Å². The highest BCUT2D eigenvalue weighted by molar-refractivity contribution is 5.81. The van der Waals surface area contributed by atoms with Crippen LogP contribution in [0.2, 0.25) is 0 Å². The Labute approximate surface area is 96.5 Å². The molecule has 0 aliphatic heterocycles.